The molecule has 0 saturated carbocycles. The minimum absolute atomic E-state index is 0. The number of hydrogen-bond donors (Lipinski definition) is 2. The van der Waals surface area contributed by atoms with E-state index in [1.165, 1.54) is 0 Å². The van der Waals surface area contributed by atoms with Crippen molar-refractivity contribution in [3.63, 3.8) is 0 Å². The van der Waals surface area contributed by atoms with Gasteiger partial charge in [0, 0.05) is 52.7 Å². The second-order valence-electron chi connectivity index (χ2n) is 5.47. The zero-order valence-corrected chi connectivity index (χ0v) is 17.2. The fraction of sp³-hybridized carbons (Fsp3) is 0.222. The van der Waals surface area contributed by atoms with Gasteiger partial charge >= 0.3 is 0 Å². The molecular formula is C18H20ClMnN2O6-. The van der Waals surface area contributed by atoms with Gasteiger partial charge in [0.15, 0.2) is 11.6 Å². The predicted octanol–water partition coefficient (Wildman–Crippen LogP) is -2.65. The Morgan fingerprint density at radius 1 is 0.750 bits per heavy atom. The molecule has 10 heteroatoms. The van der Waals surface area contributed by atoms with Crippen molar-refractivity contribution in [2.45, 2.75) is 13.8 Å². The van der Waals surface area contributed by atoms with Gasteiger partial charge in [-0.3, -0.25) is 9.59 Å². The van der Waals surface area contributed by atoms with Crippen LogP contribution in [0.5, 0.6) is 0 Å². The molecule has 1 radical (unpaired) electrons. The molecule has 2 aliphatic rings. The maximum absolute atomic E-state index is 11.7. The van der Waals surface area contributed by atoms with Gasteiger partial charge in [-0.15, -0.1) is 10.2 Å². The van der Waals surface area contributed by atoms with E-state index in [1.54, 1.807) is 24.3 Å². The van der Waals surface area contributed by atoms with Gasteiger partial charge in [-0.2, -0.15) is 0 Å². The molecular weight excluding hydrogens is 431 g/mol. The molecule has 0 aromatic rings. The van der Waals surface area contributed by atoms with Gasteiger partial charge in [0.2, 0.25) is 0 Å². The summed E-state index contributed by atoms with van der Waals surface area (Å²) in [5.41, 5.74) is 3.09. The molecule has 0 heterocycles. The second-order valence-corrected chi connectivity index (χ2v) is 6.23. The van der Waals surface area contributed by atoms with E-state index in [2.05, 4.69) is 10.6 Å². The van der Waals surface area contributed by atoms with E-state index >= 15 is 0 Å². The molecule has 2 rings (SSSR count). The van der Waals surface area contributed by atoms with Crippen molar-refractivity contribution in [1.82, 2.24) is 10.6 Å². The van der Waals surface area contributed by atoms with Gasteiger partial charge in [0.25, 0.3) is 0 Å². The van der Waals surface area contributed by atoms with Crippen molar-refractivity contribution in [3.05, 3.63) is 71.1 Å². The number of hydrogen-bond acceptors (Lipinski definition) is 8. The molecule has 0 aromatic carbocycles. The summed E-state index contributed by atoms with van der Waals surface area (Å²) < 4.78 is 34.0. The Morgan fingerprint density at radius 2 is 1.04 bits per heavy atom. The van der Waals surface area contributed by atoms with Crippen LogP contribution in [0.25, 0.3) is 0 Å². The molecule has 2 N–H and O–H groups in total. The van der Waals surface area contributed by atoms with Gasteiger partial charge in [0.1, 0.15) is 0 Å². The minimum Gasteiger partial charge on any atom is -0.386 e. The van der Waals surface area contributed by atoms with Gasteiger partial charge in [-0.1, -0.05) is 24.3 Å². The van der Waals surface area contributed by atoms with Crippen LogP contribution in [0, 0.1) is 10.2 Å². The van der Waals surface area contributed by atoms with Crippen LogP contribution < -0.4 is 29.3 Å². The third-order valence-corrected chi connectivity index (χ3v) is 3.49. The van der Waals surface area contributed by atoms with Crippen LogP contribution in [0.2, 0.25) is 0 Å². The fourth-order valence-corrected chi connectivity index (χ4v) is 2.24. The van der Waals surface area contributed by atoms with Crippen LogP contribution in [-0.4, -0.2) is 24.7 Å². The van der Waals surface area contributed by atoms with Crippen molar-refractivity contribution in [3.8, 4) is 0 Å². The third kappa shape index (κ3) is 10.4. The zero-order valence-electron chi connectivity index (χ0n) is 15.2. The molecule has 28 heavy (non-hydrogen) atoms. The molecule has 0 saturated heterocycles. The summed E-state index contributed by atoms with van der Waals surface area (Å²) in [5, 5.41) is 6.45. The van der Waals surface area contributed by atoms with Gasteiger partial charge < -0.3 is 10.6 Å². The smallest absolute Gasteiger partial charge is 0.187 e. The Hall–Kier alpha value is -1.97. The number of rotatable bonds is 5. The predicted molar refractivity (Wildman–Crippen MR) is 88.0 cm³/mol. The van der Waals surface area contributed by atoms with Crippen molar-refractivity contribution in [2.24, 2.45) is 0 Å². The van der Waals surface area contributed by atoms with Crippen LogP contribution in [0.1, 0.15) is 13.8 Å². The van der Waals surface area contributed by atoms with Crippen molar-refractivity contribution in [1.29, 1.82) is 0 Å². The zero-order chi connectivity index (χ0) is 20.4. The number of allylic oxidation sites excluding steroid dienone is 12. The summed E-state index contributed by atoms with van der Waals surface area (Å²) in [4.78, 5) is 23.4. The average molecular weight is 451 g/mol. The molecule has 153 valence electrons. The maximum Gasteiger partial charge on any atom is 0.187 e. The van der Waals surface area contributed by atoms with E-state index in [0.717, 1.165) is 11.4 Å². The van der Waals surface area contributed by atoms with E-state index in [4.69, 9.17) is 18.6 Å². The fourth-order valence-electron chi connectivity index (χ4n) is 2.24. The summed E-state index contributed by atoms with van der Waals surface area (Å²) in [6.45, 7) is 5.11. The minimum atomic E-state index is -4.94. The first-order valence-corrected chi connectivity index (χ1v) is 9.12. The Bertz CT molecular complexity index is 697. The maximum atomic E-state index is 11.7. The van der Waals surface area contributed by atoms with Gasteiger partial charge in [-0.05, 0) is 38.2 Å². The summed E-state index contributed by atoms with van der Waals surface area (Å²) in [7, 11) is -4.94. The summed E-state index contributed by atoms with van der Waals surface area (Å²) in [5.74, 6) is 0.0342. The second kappa shape index (κ2) is 12.5. The topological polar surface area (TPSA) is 150 Å². The molecule has 0 amide bonds. The third-order valence-electron chi connectivity index (χ3n) is 3.49. The first-order chi connectivity index (χ1) is 12.6. The Morgan fingerprint density at radius 3 is 1.32 bits per heavy atom. The molecule has 2 aliphatic carbocycles. The van der Waals surface area contributed by atoms with E-state index in [1.807, 2.05) is 38.2 Å². The molecule has 0 atom stereocenters. The van der Waals surface area contributed by atoms with Crippen LogP contribution >= 0.6 is 0 Å². The van der Waals surface area contributed by atoms with Crippen LogP contribution in [-0.2, 0) is 26.7 Å². The standard InChI is InChI=1S/C18H20N2O2.ClHO4.Mn/c1-13(15-7-3-5-9-17(15)21)19-11-12-20-14(2)16-8-4-6-10-18(16)22;2-1(3,4)5;/h3-10,19-20H,11-12H2,1-2H3;(H,2,3,4,5);/p-1/b15-13-,16-14-;;. The monoisotopic (exact) mass is 450 g/mol. The largest absolute Gasteiger partial charge is 0.386 e. The molecule has 0 unspecified atom stereocenters. The van der Waals surface area contributed by atoms with Gasteiger partial charge in [0.05, 0.1) is 0 Å². The summed E-state index contributed by atoms with van der Waals surface area (Å²) in [6.07, 6.45) is 13.9. The van der Waals surface area contributed by atoms with Gasteiger partial charge in [-0.25, -0.2) is 18.6 Å². The summed E-state index contributed by atoms with van der Waals surface area (Å²) >= 11 is 0. The van der Waals surface area contributed by atoms with Crippen molar-refractivity contribution in [2.75, 3.05) is 13.1 Å². The van der Waals surface area contributed by atoms with Crippen LogP contribution in [0.15, 0.2) is 71.1 Å². The molecule has 0 spiro atoms. The first-order valence-electron chi connectivity index (χ1n) is 7.89. The van der Waals surface area contributed by atoms with Crippen LogP contribution in [0.4, 0.5) is 0 Å². The molecule has 0 aliphatic heterocycles. The quantitative estimate of drug-likeness (QED) is 0.262. The summed E-state index contributed by atoms with van der Waals surface area (Å²) in [6, 6.07) is 0. The molecule has 0 fully saturated rings. The van der Waals surface area contributed by atoms with Crippen LogP contribution in [0.3, 0.4) is 0 Å². The number of carbonyl (C=O) groups excluding carboxylic acids is 2. The molecule has 0 aromatic heterocycles. The van der Waals surface area contributed by atoms with Crippen molar-refractivity contribution < 1.29 is 55.5 Å². The molecule has 8 nitrogen and oxygen atoms in total. The van der Waals surface area contributed by atoms with Crippen molar-refractivity contribution >= 4 is 11.6 Å². The normalized spacial score (nSPS) is 18.8. The first kappa shape index (κ1) is 26.0. The Labute approximate surface area is 175 Å². The number of nitrogens with one attached hydrogen (secondary N) is 2. The van der Waals surface area contributed by atoms with E-state index in [9.17, 15) is 9.59 Å². The average Bonchev–Trinajstić information content (AvgIpc) is 2.57. The Balaban J connectivity index is 0.00000108. The molecule has 0 bridgehead atoms. The van der Waals surface area contributed by atoms with E-state index in [-0.39, 0.29) is 28.6 Å². The number of ketones is 2. The van der Waals surface area contributed by atoms with E-state index in [0.29, 0.717) is 24.2 Å². The Kier molecular flexibility index (Phi) is 11.6. The number of carbonyl (C=O) groups is 2. The van der Waals surface area contributed by atoms with E-state index < -0.39 is 10.2 Å². The number of halogens is 1. The SMILES string of the molecule is C/C(NCCN/C(C)=C1/C=CC=CC1=O)=C1\C=CC=CC1=O.[Mn].[O-][Cl+3]([O-])([O-])[O-].